The molecule has 2 aliphatic rings. The van der Waals surface area contributed by atoms with Gasteiger partial charge in [-0.25, -0.2) is 8.42 Å². The Balaban J connectivity index is 1.65. The van der Waals surface area contributed by atoms with E-state index < -0.39 is 10.0 Å². The maximum Gasteiger partial charge on any atom is 0.232 e. The molecule has 29 heavy (non-hydrogen) atoms. The van der Waals surface area contributed by atoms with Gasteiger partial charge in [-0.15, -0.1) is 0 Å². The Hall–Kier alpha value is -2.47. The summed E-state index contributed by atoms with van der Waals surface area (Å²) in [6.45, 7) is 3.92. The lowest BCUT2D eigenvalue weighted by Gasteiger charge is -2.14. The van der Waals surface area contributed by atoms with Gasteiger partial charge in [0.1, 0.15) is 5.78 Å². The molecule has 0 amide bonds. The molecule has 5 nitrogen and oxygen atoms in total. The third-order valence-corrected chi connectivity index (χ3v) is 6.97. The van der Waals surface area contributed by atoms with Crippen LogP contribution >= 0.6 is 0 Å². The fourth-order valence-corrected chi connectivity index (χ4v) is 4.99. The average molecular weight is 411 g/mol. The molecule has 2 aliphatic carbocycles. The van der Waals surface area contributed by atoms with Gasteiger partial charge in [-0.3, -0.25) is 14.5 Å². The largest absolute Gasteiger partial charge is 0.299 e. The predicted molar refractivity (Wildman–Crippen MR) is 116 cm³/mol. The van der Waals surface area contributed by atoms with Crippen LogP contribution in [0.2, 0.25) is 0 Å². The molecule has 1 heterocycles. The van der Waals surface area contributed by atoms with Gasteiger partial charge < -0.3 is 0 Å². The number of carbonyl (C=O) groups is 1. The van der Waals surface area contributed by atoms with Crippen molar-refractivity contribution in [3.05, 3.63) is 53.4 Å². The van der Waals surface area contributed by atoms with Crippen LogP contribution in [0.5, 0.6) is 0 Å². The van der Waals surface area contributed by atoms with E-state index in [1.807, 2.05) is 25.1 Å². The van der Waals surface area contributed by atoms with Crippen molar-refractivity contribution in [2.45, 2.75) is 46.0 Å². The normalized spacial score (nSPS) is 15.7. The van der Waals surface area contributed by atoms with Crippen molar-refractivity contribution in [1.29, 1.82) is 0 Å². The van der Waals surface area contributed by atoms with Crippen LogP contribution in [-0.4, -0.2) is 24.9 Å². The molecule has 4 rings (SSSR count). The Kier molecular flexibility index (Phi) is 5.30. The van der Waals surface area contributed by atoms with Crippen LogP contribution in [0.4, 0.5) is 5.69 Å². The molecule has 0 radical (unpaired) electrons. The lowest BCUT2D eigenvalue weighted by molar-refractivity contribution is -0.119. The summed E-state index contributed by atoms with van der Waals surface area (Å²) in [5.74, 6) is 0.616. The van der Waals surface area contributed by atoms with E-state index >= 15 is 0 Å². The van der Waals surface area contributed by atoms with E-state index in [1.165, 1.54) is 5.57 Å². The number of allylic oxidation sites excluding steroid dienone is 2. The Labute approximate surface area is 172 Å². The first kappa shape index (κ1) is 19.8. The molecule has 2 aromatic rings. The van der Waals surface area contributed by atoms with Gasteiger partial charge in [-0.05, 0) is 61.1 Å². The molecule has 1 saturated carbocycles. The van der Waals surface area contributed by atoms with Crippen molar-refractivity contribution in [3.63, 3.8) is 0 Å². The van der Waals surface area contributed by atoms with E-state index in [0.717, 1.165) is 47.3 Å². The Morgan fingerprint density at radius 2 is 1.93 bits per heavy atom. The van der Waals surface area contributed by atoms with Crippen LogP contribution in [-0.2, 0) is 27.7 Å². The summed E-state index contributed by atoms with van der Waals surface area (Å²) in [7, 11) is -3.31. The highest BCUT2D eigenvalue weighted by Crippen LogP contribution is 2.37. The summed E-state index contributed by atoms with van der Waals surface area (Å²) in [4.78, 5) is 17.1. The summed E-state index contributed by atoms with van der Waals surface area (Å²) in [5, 5.41) is 0. The van der Waals surface area contributed by atoms with Gasteiger partial charge in [0.2, 0.25) is 10.0 Å². The molecule has 152 valence electrons. The Morgan fingerprint density at radius 1 is 1.21 bits per heavy atom. The van der Waals surface area contributed by atoms with E-state index in [-0.39, 0.29) is 17.5 Å². The predicted octanol–water partition coefficient (Wildman–Crippen LogP) is 4.38. The summed E-state index contributed by atoms with van der Waals surface area (Å²) >= 11 is 0. The van der Waals surface area contributed by atoms with Crippen molar-refractivity contribution in [2.24, 2.45) is 5.92 Å². The number of nitrogens with one attached hydrogen (secondary N) is 1. The van der Waals surface area contributed by atoms with E-state index in [0.29, 0.717) is 18.5 Å². The van der Waals surface area contributed by atoms with E-state index in [1.54, 1.807) is 12.1 Å². The van der Waals surface area contributed by atoms with Crippen molar-refractivity contribution in [3.8, 4) is 11.1 Å². The second-order valence-electron chi connectivity index (χ2n) is 7.99. The maximum atomic E-state index is 12.3. The van der Waals surface area contributed by atoms with Crippen LogP contribution in [0, 0.1) is 5.92 Å². The number of hydrogen-bond donors (Lipinski definition) is 1. The van der Waals surface area contributed by atoms with Gasteiger partial charge in [0.05, 0.1) is 11.4 Å². The van der Waals surface area contributed by atoms with Crippen LogP contribution in [0.25, 0.3) is 16.7 Å². The number of benzene rings is 1. The van der Waals surface area contributed by atoms with Gasteiger partial charge in [-0.2, -0.15) is 0 Å². The summed E-state index contributed by atoms with van der Waals surface area (Å²) in [6.07, 6.45) is 5.93. The number of carbonyl (C=O) groups excluding carboxylic acids is 1. The van der Waals surface area contributed by atoms with Gasteiger partial charge in [0, 0.05) is 35.7 Å². The van der Waals surface area contributed by atoms with Crippen molar-refractivity contribution >= 4 is 27.1 Å². The third-order valence-electron chi connectivity index (χ3n) is 5.47. The molecule has 1 fully saturated rings. The maximum absolute atomic E-state index is 12.3. The summed E-state index contributed by atoms with van der Waals surface area (Å²) in [5.41, 5.74) is 6.78. The fourth-order valence-electron chi connectivity index (χ4n) is 3.86. The second-order valence-corrected chi connectivity index (χ2v) is 9.83. The number of sulfonamides is 1. The minimum atomic E-state index is -3.31. The number of ketones is 1. The van der Waals surface area contributed by atoms with Crippen LogP contribution in [0.15, 0.2) is 36.4 Å². The van der Waals surface area contributed by atoms with Gasteiger partial charge >= 0.3 is 0 Å². The standard InChI is InChI=1S/C23H26N2O3S/c1-3-12-29(27,28)25-18-9-7-16(8-10-18)20-13-19(14-22(26)17-5-6-17)24-21-11-4-15(2)23(20)21/h4,7-10,13,17,25H,3,5-6,11-12,14H2,1-2H3. The average Bonchev–Trinajstić information content (AvgIpc) is 3.45. The Morgan fingerprint density at radius 3 is 2.59 bits per heavy atom. The van der Waals surface area contributed by atoms with Gasteiger partial charge in [-0.1, -0.05) is 25.1 Å². The lowest BCUT2D eigenvalue weighted by atomic mass is 9.95. The number of hydrogen-bond acceptors (Lipinski definition) is 4. The van der Waals surface area contributed by atoms with Crippen LogP contribution in [0.1, 0.15) is 50.1 Å². The van der Waals surface area contributed by atoms with Crippen molar-refractivity contribution in [1.82, 2.24) is 4.98 Å². The molecule has 1 N–H and O–H groups in total. The zero-order valence-corrected chi connectivity index (χ0v) is 17.7. The number of fused-ring (bicyclic) bond motifs is 1. The first-order valence-electron chi connectivity index (χ1n) is 10.2. The molecule has 0 saturated heterocycles. The molecule has 1 aromatic heterocycles. The number of rotatable bonds is 8. The zero-order chi connectivity index (χ0) is 20.6. The molecule has 0 aliphatic heterocycles. The first-order chi connectivity index (χ1) is 13.9. The third kappa shape index (κ3) is 4.42. The number of aromatic nitrogens is 1. The van der Waals surface area contributed by atoms with Crippen molar-refractivity contribution in [2.75, 3.05) is 10.5 Å². The van der Waals surface area contributed by atoms with E-state index in [4.69, 9.17) is 4.98 Å². The minimum Gasteiger partial charge on any atom is -0.299 e. The number of Topliss-reactive ketones (excluding diaryl/α,β-unsaturated/α-hetero) is 1. The highest BCUT2D eigenvalue weighted by Gasteiger charge is 2.30. The number of anilines is 1. The van der Waals surface area contributed by atoms with E-state index in [9.17, 15) is 13.2 Å². The SMILES string of the molecule is CCCS(=O)(=O)Nc1ccc(-c2cc(CC(=O)C3CC3)nc3c2C(C)=CC3)cc1. The molecular formula is C23H26N2O3S. The Bertz CT molecular complexity index is 1080. The summed E-state index contributed by atoms with van der Waals surface area (Å²) in [6, 6.07) is 9.46. The highest BCUT2D eigenvalue weighted by molar-refractivity contribution is 7.92. The smallest absolute Gasteiger partial charge is 0.232 e. The zero-order valence-electron chi connectivity index (χ0n) is 16.9. The first-order valence-corrected chi connectivity index (χ1v) is 11.8. The molecule has 6 heteroatoms. The fraction of sp³-hybridized carbons (Fsp3) is 0.391. The monoisotopic (exact) mass is 410 g/mol. The quantitative estimate of drug-likeness (QED) is 0.701. The molecule has 0 bridgehead atoms. The van der Waals surface area contributed by atoms with Gasteiger partial charge in [0.15, 0.2) is 0 Å². The summed E-state index contributed by atoms with van der Waals surface area (Å²) < 4.78 is 26.6. The molecule has 1 aromatic carbocycles. The molecule has 0 atom stereocenters. The second kappa shape index (κ2) is 7.75. The lowest BCUT2D eigenvalue weighted by Crippen LogP contribution is -2.15. The topological polar surface area (TPSA) is 76.1 Å². The highest BCUT2D eigenvalue weighted by atomic mass is 32.2. The van der Waals surface area contributed by atoms with E-state index in [2.05, 4.69) is 17.7 Å². The molecular weight excluding hydrogens is 384 g/mol. The minimum absolute atomic E-state index is 0.106. The van der Waals surface area contributed by atoms with Crippen LogP contribution in [0.3, 0.4) is 0 Å². The number of nitrogens with zero attached hydrogens (tertiary/aromatic N) is 1. The van der Waals surface area contributed by atoms with Gasteiger partial charge in [0.25, 0.3) is 0 Å². The molecule has 0 unspecified atom stereocenters. The molecule has 0 spiro atoms. The van der Waals surface area contributed by atoms with Crippen molar-refractivity contribution < 1.29 is 13.2 Å². The van der Waals surface area contributed by atoms with Crippen LogP contribution < -0.4 is 4.72 Å². The number of pyridine rings is 1.